The maximum Gasteiger partial charge on any atom is 0.435 e. The standard InChI is InChI=1S/C10H12F3N3O/c1-5-3-6(5)9(17)15-7-4-14-16(2)8(7)10(11,12)13/h4-6H,3H2,1-2H3,(H,15,17). The second kappa shape index (κ2) is 3.75. The Morgan fingerprint density at radius 2 is 2.18 bits per heavy atom. The van der Waals surface area contributed by atoms with Gasteiger partial charge in [0.25, 0.3) is 0 Å². The van der Waals surface area contributed by atoms with Crippen LogP contribution in [0.25, 0.3) is 0 Å². The summed E-state index contributed by atoms with van der Waals surface area (Å²) >= 11 is 0. The zero-order valence-corrected chi connectivity index (χ0v) is 9.38. The van der Waals surface area contributed by atoms with Crippen LogP contribution < -0.4 is 5.32 Å². The highest BCUT2D eigenvalue weighted by Crippen LogP contribution is 2.40. The van der Waals surface area contributed by atoms with Crippen LogP contribution in [0.1, 0.15) is 19.0 Å². The highest BCUT2D eigenvalue weighted by atomic mass is 19.4. The fourth-order valence-electron chi connectivity index (χ4n) is 1.78. The zero-order chi connectivity index (χ0) is 12.8. The van der Waals surface area contributed by atoms with Crippen molar-refractivity contribution in [3.8, 4) is 0 Å². The predicted molar refractivity (Wildman–Crippen MR) is 54.1 cm³/mol. The summed E-state index contributed by atoms with van der Waals surface area (Å²) in [7, 11) is 1.19. The molecule has 2 unspecified atom stereocenters. The van der Waals surface area contributed by atoms with E-state index in [1.807, 2.05) is 6.92 Å². The Bertz CT molecular complexity index is 452. The van der Waals surface area contributed by atoms with E-state index in [-0.39, 0.29) is 23.4 Å². The molecule has 1 heterocycles. The van der Waals surface area contributed by atoms with Crippen molar-refractivity contribution in [2.75, 3.05) is 5.32 Å². The number of nitrogens with zero attached hydrogens (tertiary/aromatic N) is 2. The molecule has 1 aromatic heterocycles. The maximum atomic E-state index is 12.7. The van der Waals surface area contributed by atoms with E-state index in [1.54, 1.807) is 0 Å². The van der Waals surface area contributed by atoms with Crippen LogP contribution in [0.5, 0.6) is 0 Å². The Kier molecular flexibility index (Phi) is 2.63. The number of amides is 1. The van der Waals surface area contributed by atoms with Gasteiger partial charge < -0.3 is 5.32 Å². The summed E-state index contributed by atoms with van der Waals surface area (Å²) in [6, 6.07) is 0. The molecule has 0 radical (unpaired) electrons. The second-order valence-electron chi connectivity index (χ2n) is 4.34. The molecule has 2 atom stereocenters. The van der Waals surface area contributed by atoms with Gasteiger partial charge in [-0.1, -0.05) is 6.92 Å². The molecule has 1 aliphatic carbocycles. The number of anilines is 1. The summed E-state index contributed by atoms with van der Waals surface area (Å²) in [5.74, 6) is -0.284. The summed E-state index contributed by atoms with van der Waals surface area (Å²) in [5, 5.41) is 5.80. The fraction of sp³-hybridized carbons (Fsp3) is 0.600. The molecular formula is C10H12F3N3O. The van der Waals surface area contributed by atoms with Gasteiger partial charge in [-0.3, -0.25) is 9.48 Å². The summed E-state index contributed by atoms with van der Waals surface area (Å²) < 4.78 is 38.7. The van der Waals surface area contributed by atoms with Gasteiger partial charge in [0.2, 0.25) is 5.91 Å². The monoisotopic (exact) mass is 247 g/mol. The van der Waals surface area contributed by atoms with Crippen molar-refractivity contribution in [1.29, 1.82) is 0 Å². The van der Waals surface area contributed by atoms with E-state index < -0.39 is 11.9 Å². The molecule has 0 aliphatic heterocycles. The minimum atomic E-state index is -4.52. The highest BCUT2D eigenvalue weighted by molar-refractivity contribution is 5.94. The van der Waals surface area contributed by atoms with E-state index in [2.05, 4.69) is 10.4 Å². The topological polar surface area (TPSA) is 46.9 Å². The normalized spacial score (nSPS) is 23.6. The summed E-state index contributed by atoms with van der Waals surface area (Å²) in [4.78, 5) is 11.6. The second-order valence-corrected chi connectivity index (χ2v) is 4.34. The minimum absolute atomic E-state index is 0.170. The number of alkyl halides is 3. The maximum absolute atomic E-state index is 12.7. The van der Waals surface area contributed by atoms with Gasteiger partial charge in [0.05, 0.1) is 11.9 Å². The van der Waals surface area contributed by atoms with Crippen LogP contribution in [0.2, 0.25) is 0 Å². The molecule has 1 aliphatic rings. The molecule has 0 spiro atoms. The van der Waals surface area contributed by atoms with E-state index in [1.165, 1.54) is 7.05 Å². The molecule has 0 bridgehead atoms. The Morgan fingerprint density at radius 3 is 2.65 bits per heavy atom. The Labute approximate surface area is 95.8 Å². The molecule has 2 rings (SSSR count). The van der Waals surface area contributed by atoms with Crippen molar-refractivity contribution >= 4 is 11.6 Å². The van der Waals surface area contributed by atoms with Gasteiger partial charge in [-0.25, -0.2) is 0 Å². The van der Waals surface area contributed by atoms with Crippen molar-refractivity contribution in [1.82, 2.24) is 9.78 Å². The first-order valence-corrected chi connectivity index (χ1v) is 5.20. The summed E-state index contributed by atoms with van der Waals surface area (Å²) in [5.41, 5.74) is -1.21. The summed E-state index contributed by atoms with van der Waals surface area (Å²) in [6.07, 6.45) is -2.77. The third kappa shape index (κ3) is 2.27. The lowest BCUT2D eigenvalue weighted by atomic mass is 10.3. The number of carbonyl (C=O) groups is 1. The first-order valence-electron chi connectivity index (χ1n) is 5.20. The average molecular weight is 247 g/mol. The van der Waals surface area contributed by atoms with Gasteiger partial charge in [-0.05, 0) is 12.3 Å². The molecule has 4 nitrogen and oxygen atoms in total. The van der Waals surface area contributed by atoms with Gasteiger partial charge >= 0.3 is 6.18 Å². The molecule has 7 heteroatoms. The van der Waals surface area contributed by atoms with Crippen molar-refractivity contribution in [3.05, 3.63) is 11.9 Å². The van der Waals surface area contributed by atoms with E-state index in [4.69, 9.17) is 0 Å². The number of aryl methyl sites for hydroxylation is 1. The number of aromatic nitrogens is 2. The lowest BCUT2D eigenvalue weighted by Gasteiger charge is -2.10. The fourth-order valence-corrected chi connectivity index (χ4v) is 1.78. The molecule has 17 heavy (non-hydrogen) atoms. The molecule has 1 amide bonds. The Morgan fingerprint density at radius 1 is 1.59 bits per heavy atom. The van der Waals surface area contributed by atoms with Crippen molar-refractivity contribution in [2.24, 2.45) is 18.9 Å². The number of carbonyl (C=O) groups excluding carboxylic acids is 1. The number of rotatable bonds is 2. The van der Waals surface area contributed by atoms with E-state index in [9.17, 15) is 18.0 Å². The predicted octanol–water partition coefficient (Wildman–Crippen LogP) is 2.03. The van der Waals surface area contributed by atoms with Crippen LogP contribution in [0.15, 0.2) is 6.20 Å². The molecule has 0 aromatic carbocycles. The number of halogens is 3. The lowest BCUT2D eigenvalue weighted by Crippen LogP contribution is -2.19. The molecule has 0 saturated heterocycles. The van der Waals surface area contributed by atoms with Crippen molar-refractivity contribution in [2.45, 2.75) is 19.5 Å². The van der Waals surface area contributed by atoms with Gasteiger partial charge in [0.1, 0.15) is 0 Å². The molecule has 1 fully saturated rings. The third-order valence-electron chi connectivity index (χ3n) is 2.91. The smallest absolute Gasteiger partial charge is 0.323 e. The molecule has 1 N–H and O–H groups in total. The average Bonchev–Trinajstić information content (AvgIpc) is 2.78. The van der Waals surface area contributed by atoms with Crippen LogP contribution >= 0.6 is 0 Å². The van der Waals surface area contributed by atoms with Crippen molar-refractivity contribution < 1.29 is 18.0 Å². The Balaban J connectivity index is 2.19. The van der Waals surface area contributed by atoms with E-state index >= 15 is 0 Å². The zero-order valence-electron chi connectivity index (χ0n) is 9.38. The minimum Gasteiger partial charge on any atom is -0.323 e. The molecule has 1 saturated carbocycles. The quantitative estimate of drug-likeness (QED) is 0.869. The molecule has 1 aromatic rings. The van der Waals surface area contributed by atoms with Gasteiger partial charge in [0, 0.05) is 13.0 Å². The molecular weight excluding hydrogens is 235 g/mol. The van der Waals surface area contributed by atoms with Crippen LogP contribution in [-0.2, 0) is 18.0 Å². The third-order valence-corrected chi connectivity index (χ3v) is 2.91. The van der Waals surface area contributed by atoms with Gasteiger partial charge in [-0.15, -0.1) is 0 Å². The van der Waals surface area contributed by atoms with Crippen LogP contribution in [-0.4, -0.2) is 15.7 Å². The van der Waals surface area contributed by atoms with Crippen LogP contribution in [0.3, 0.4) is 0 Å². The summed E-state index contributed by atoms with van der Waals surface area (Å²) in [6.45, 7) is 1.89. The van der Waals surface area contributed by atoms with Crippen molar-refractivity contribution in [3.63, 3.8) is 0 Å². The van der Waals surface area contributed by atoms with Gasteiger partial charge in [-0.2, -0.15) is 18.3 Å². The number of hydrogen-bond donors (Lipinski definition) is 1. The van der Waals surface area contributed by atoms with Crippen LogP contribution in [0, 0.1) is 11.8 Å². The SMILES string of the molecule is CC1CC1C(=O)Nc1cnn(C)c1C(F)(F)F. The van der Waals surface area contributed by atoms with Crippen LogP contribution in [0.4, 0.5) is 18.9 Å². The van der Waals surface area contributed by atoms with E-state index in [0.29, 0.717) is 4.68 Å². The Hall–Kier alpha value is -1.53. The van der Waals surface area contributed by atoms with Gasteiger partial charge in [0.15, 0.2) is 5.69 Å². The number of hydrogen-bond acceptors (Lipinski definition) is 2. The molecule has 94 valence electrons. The first-order chi connectivity index (χ1) is 7.80. The lowest BCUT2D eigenvalue weighted by molar-refractivity contribution is -0.143. The van der Waals surface area contributed by atoms with E-state index in [0.717, 1.165) is 12.6 Å². The first kappa shape index (κ1) is 11.9. The largest absolute Gasteiger partial charge is 0.435 e. The highest BCUT2D eigenvalue weighted by Gasteiger charge is 2.42. The number of nitrogens with one attached hydrogen (secondary N) is 1.